The first-order valence-electron chi connectivity index (χ1n) is 7.09. The van der Waals surface area contributed by atoms with Gasteiger partial charge < -0.3 is 11.1 Å². The fourth-order valence-electron chi connectivity index (χ4n) is 2.89. The van der Waals surface area contributed by atoms with Crippen LogP contribution in [0.25, 0.3) is 0 Å². The van der Waals surface area contributed by atoms with Crippen molar-refractivity contribution in [2.75, 3.05) is 5.32 Å². The number of nitrogens with two attached hydrogens (primary N) is 1. The lowest BCUT2D eigenvalue weighted by atomic mass is 9.84. The van der Waals surface area contributed by atoms with Crippen molar-refractivity contribution in [1.82, 2.24) is 9.13 Å². The summed E-state index contributed by atoms with van der Waals surface area (Å²) in [5.41, 5.74) is 5.77. The third-order valence-electron chi connectivity index (χ3n) is 4.14. The summed E-state index contributed by atoms with van der Waals surface area (Å²) < 4.78 is 15.5. The van der Waals surface area contributed by atoms with Crippen molar-refractivity contribution in [2.24, 2.45) is 19.8 Å². The average molecular weight is 327 g/mol. The Balaban J connectivity index is 2.41. The lowest BCUT2D eigenvalue weighted by molar-refractivity contribution is 0.626. The maximum atomic E-state index is 13.2. The summed E-state index contributed by atoms with van der Waals surface area (Å²) in [5.74, 6) is -0.925. The zero-order chi connectivity index (χ0) is 17.6. The van der Waals surface area contributed by atoms with Crippen LogP contribution in [0.1, 0.15) is 17.0 Å². The van der Waals surface area contributed by atoms with E-state index in [4.69, 9.17) is 5.73 Å². The molecule has 1 aromatic heterocycles. The first kappa shape index (κ1) is 15.6. The summed E-state index contributed by atoms with van der Waals surface area (Å²) in [6.45, 7) is 0. The second-order valence-electron chi connectivity index (χ2n) is 5.52. The first-order chi connectivity index (χ1) is 11.4. The van der Waals surface area contributed by atoms with Gasteiger partial charge in [-0.25, -0.2) is 9.18 Å². The van der Waals surface area contributed by atoms with Crippen LogP contribution in [0.2, 0.25) is 0 Å². The molecule has 0 amide bonds. The van der Waals surface area contributed by atoms with Crippen molar-refractivity contribution in [1.29, 1.82) is 5.26 Å². The molecule has 7 nitrogen and oxygen atoms in total. The molecule has 0 fully saturated rings. The standard InChI is InChI=1S/C16H14FN5O2/c1-21-14-12(15(23)22(2)16(21)24)11(10(7-18)13(19)20-14)8-3-5-9(17)6-4-8/h3-6,11,20H,19H2,1-2H3/t11-/m0/s1. The van der Waals surface area contributed by atoms with Gasteiger partial charge in [-0.05, 0) is 17.7 Å². The topological polar surface area (TPSA) is 106 Å². The maximum Gasteiger partial charge on any atom is 0.332 e. The Morgan fingerprint density at radius 1 is 1.21 bits per heavy atom. The van der Waals surface area contributed by atoms with Gasteiger partial charge in [0, 0.05) is 14.1 Å². The smallest absolute Gasteiger partial charge is 0.332 e. The molecule has 0 saturated heterocycles. The maximum absolute atomic E-state index is 13.2. The second-order valence-corrected chi connectivity index (χ2v) is 5.52. The molecule has 2 aromatic rings. The number of fused-ring (bicyclic) bond motifs is 1. The van der Waals surface area contributed by atoms with E-state index in [-0.39, 0.29) is 22.8 Å². The van der Waals surface area contributed by atoms with Gasteiger partial charge in [-0.15, -0.1) is 0 Å². The van der Waals surface area contributed by atoms with Gasteiger partial charge in [0.1, 0.15) is 17.5 Å². The molecule has 122 valence electrons. The number of hydrogen-bond acceptors (Lipinski definition) is 5. The van der Waals surface area contributed by atoms with Gasteiger partial charge in [0.25, 0.3) is 5.56 Å². The Bertz CT molecular complexity index is 1020. The fourth-order valence-corrected chi connectivity index (χ4v) is 2.89. The summed E-state index contributed by atoms with van der Waals surface area (Å²) in [7, 11) is 2.86. The van der Waals surface area contributed by atoms with Gasteiger partial charge in [-0.2, -0.15) is 5.26 Å². The van der Waals surface area contributed by atoms with E-state index in [2.05, 4.69) is 5.32 Å². The summed E-state index contributed by atoms with van der Waals surface area (Å²) >= 11 is 0. The predicted octanol–water partition coefficient (Wildman–Crippen LogP) is 0.474. The number of nitrogens with zero attached hydrogens (tertiary/aromatic N) is 3. The highest BCUT2D eigenvalue weighted by Gasteiger charge is 2.34. The number of aromatic nitrogens is 2. The Labute approximate surface area is 136 Å². The summed E-state index contributed by atoms with van der Waals surface area (Å²) in [6, 6.07) is 7.47. The van der Waals surface area contributed by atoms with Crippen molar-refractivity contribution >= 4 is 5.82 Å². The number of hydrogen-bond donors (Lipinski definition) is 2. The highest BCUT2D eigenvalue weighted by Crippen LogP contribution is 2.37. The van der Waals surface area contributed by atoms with Crippen LogP contribution in [-0.4, -0.2) is 9.13 Å². The highest BCUT2D eigenvalue weighted by molar-refractivity contribution is 5.64. The zero-order valence-corrected chi connectivity index (χ0v) is 13.0. The lowest BCUT2D eigenvalue weighted by Crippen LogP contribution is -2.43. The third-order valence-corrected chi connectivity index (χ3v) is 4.14. The van der Waals surface area contributed by atoms with E-state index in [9.17, 15) is 19.2 Å². The van der Waals surface area contributed by atoms with Crippen molar-refractivity contribution in [2.45, 2.75) is 5.92 Å². The van der Waals surface area contributed by atoms with E-state index in [0.29, 0.717) is 5.56 Å². The van der Waals surface area contributed by atoms with Crippen molar-refractivity contribution in [3.63, 3.8) is 0 Å². The van der Waals surface area contributed by atoms with E-state index in [1.54, 1.807) is 0 Å². The monoisotopic (exact) mass is 327 g/mol. The van der Waals surface area contributed by atoms with Crippen LogP contribution in [0.15, 0.2) is 45.2 Å². The van der Waals surface area contributed by atoms with Crippen LogP contribution in [0, 0.1) is 17.1 Å². The molecular weight excluding hydrogens is 313 g/mol. The second kappa shape index (κ2) is 5.38. The molecule has 0 saturated carbocycles. The Hall–Kier alpha value is -3.34. The Morgan fingerprint density at radius 2 is 1.83 bits per heavy atom. The Morgan fingerprint density at radius 3 is 2.42 bits per heavy atom. The first-order valence-corrected chi connectivity index (χ1v) is 7.09. The van der Waals surface area contributed by atoms with Crippen molar-refractivity contribution < 1.29 is 4.39 Å². The van der Waals surface area contributed by atoms with Crippen LogP contribution in [0.4, 0.5) is 10.2 Å². The molecular formula is C16H14FN5O2. The molecule has 0 radical (unpaired) electrons. The largest absolute Gasteiger partial charge is 0.384 e. The Kier molecular flexibility index (Phi) is 3.49. The van der Waals surface area contributed by atoms with Crippen LogP contribution < -0.4 is 22.3 Å². The van der Waals surface area contributed by atoms with E-state index in [1.807, 2.05) is 6.07 Å². The normalized spacial score (nSPS) is 16.3. The predicted molar refractivity (Wildman–Crippen MR) is 85.6 cm³/mol. The molecule has 0 spiro atoms. The van der Waals surface area contributed by atoms with E-state index in [0.717, 1.165) is 4.57 Å². The lowest BCUT2D eigenvalue weighted by Gasteiger charge is -2.28. The van der Waals surface area contributed by atoms with Gasteiger partial charge in [0.05, 0.1) is 23.1 Å². The third kappa shape index (κ3) is 2.10. The van der Waals surface area contributed by atoms with Crippen molar-refractivity contribution in [3.8, 4) is 6.07 Å². The number of nitrogens with one attached hydrogen (secondary N) is 1. The summed E-state index contributed by atoms with van der Waals surface area (Å²) in [5, 5.41) is 12.2. The minimum absolute atomic E-state index is 0.0579. The number of anilines is 1. The van der Waals surface area contributed by atoms with Crippen LogP contribution in [-0.2, 0) is 14.1 Å². The summed E-state index contributed by atoms with van der Waals surface area (Å²) in [6.07, 6.45) is 0. The molecule has 0 aliphatic carbocycles. The van der Waals surface area contributed by atoms with E-state index in [1.165, 1.54) is 42.9 Å². The molecule has 0 unspecified atom stereocenters. The van der Waals surface area contributed by atoms with Gasteiger partial charge in [-0.1, -0.05) is 12.1 Å². The quantitative estimate of drug-likeness (QED) is 0.792. The van der Waals surface area contributed by atoms with Crippen LogP contribution >= 0.6 is 0 Å². The summed E-state index contributed by atoms with van der Waals surface area (Å²) in [4.78, 5) is 24.8. The number of benzene rings is 1. The number of rotatable bonds is 1. The molecule has 1 aliphatic heterocycles. The number of halogens is 1. The molecule has 1 aromatic carbocycles. The van der Waals surface area contributed by atoms with E-state index < -0.39 is 23.0 Å². The molecule has 2 heterocycles. The minimum atomic E-state index is -0.780. The van der Waals surface area contributed by atoms with Gasteiger partial charge in [-0.3, -0.25) is 13.9 Å². The molecule has 8 heteroatoms. The van der Waals surface area contributed by atoms with Crippen LogP contribution in [0.5, 0.6) is 0 Å². The molecule has 1 atom stereocenters. The zero-order valence-electron chi connectivity index (χ0n) is 13.0. The SMILES string of the molecule is Cn1c2c(c(=O)n(C)c1=O)[C@@H](c1ccc(F)cc1)C(C#N)=C(N)N2. The van der Waals surface area contributed by atoms with Gasteiger partial charge in [0.15, 0.2) is 0 Å². The van der Waals surface area contributed by atoms with Crippen molar-refractivity contribution in [3.05, 3.63) is 73.4 Å². The highest BCUT2D eigenvalue weighted by atomic mass is 19.1. The number of nitriles is 1. The van der Waals surface area contributed by atoms with Crippen LogP contribution in [0.3, 0.4) is 0 Å². The van der Waals surface area contributed by atoms with Gasteiger partial charge in [0.2, 0.25) is 0 Å². The molecule has 24 heavy (non-hydrogen) atoms. The fraction of sp³-hybridized carbons (Fsp3) is 0.188. The minimum Gasteiger partial charge on any atom is -0.384 e. The molecule has 0 bridgehead atoms. The average Bonchev–Trinajstić information content (AvgIpc) is 2.57. The van der Waals surface area contributed by atoms with E-state index >= 15 is 0 Å². The number of allylic oxidation sites excluding steroid dienone is 1. The van der Waals surface area contributed by atoms with Gasteiger partial charge >= 0.3 is 5.69 Å². The molecule has 3 rings (SSSR count). The molecule has 3 N–H and O–H groups in total. The molecule has 1 aliphatic rings.